The minimum absolute atomic E-state index is 0.438. The van der Waals surface area contributed by atoms with E-state index < -0.39 is 0 Å². The molecule has 21 heavy (non-hydrogen) atoms. The highest BCUT2D eigenvalue weighted by molar-refractivity contribution is 6.11. The van der Waals surface area contributed by atoms with Crippen molar-refractivity contribution in [3.63, 3.8) is 0 Å². The average Bonchev–Trinajstić information content (AvgIpc) is 2.58. The zero-order valence-corrected chi connectivity index (χ0v) is 11.2. The molecule has 0 aliphatic carbocycles. The first-order valence-electron chi connectivity index (χ1n) is 6.55. The third kappa shape index (κ3) is 2.79. The third-order valence-corrected chi connectivity index (χ3v) is 3.07. The predicted molar refractivity (Wildman–Crippen MR) is 81.3 cm³/mol. The fraction of sp³-hybridized carbons (Fsp3) is 0. The van der Waals surface area contributed by atoms with Gasteiger partial charge in [0.05, 0.1) is 17.1 Å². The van der Waals surface area contributed by atoms with Crippen LogP contribution in [0.4, 0.5) is 0 Å². The summed E-state index contributed by atoms with van der Waals surface area (Å²) in [6.45, 7) is 0. The van der Waals surface area contributed by atoms with Gasteiger partial charge in [-0.3, -0.25) is 4.98 Å². The van der Waals surface area contributed by atoms with Crippen LogP contribution in [-0.2, 0) is 0 Å². The molecule has 102 valence electrons. The quantitative estimate of drug-likeness (QED) is 0.453. The summed E-state index contributed by atoms with van der Waals surface area (Å²) in [6.07, 6.45) is 1.72. The molecule has 0 saturated carbocycles. The molecule has 0 radical (unpaired) electrons. The highest BCUT2D eigenvalue weighted by Gasteiger charge is 2.10. The molecule has 1 aromatic carbocycles. The SMILES string of the molecule is O/N=C(/c1ccccc1)c1cccc(-c2ccccn2)n1. The van der Waals surface area contributed by atoms with E-state index in [-0.39, 0.29) is 0 Å². The lowest BCUT2D eigenvalue weighted by Crippen LogP contribution is -2.06. The van der Waals surface area contributed by atoms with Gasteiger partial charge in [-0.05, 0) is 24.3 Å². The molecule has 4 nitrogen and oxygen atoms in total. The fourth-order valence-corrected chi connectivity index (χ4v) is 2.08. The molecule has 2 heterocycles. The summed E-state index contributed by atoms with van der Waals surface area (Å²) in [7, 11) is 0. The normalized spacial score (nSPS) is 11.3. The van der Waals surface area contributed by atoms with Crippen LogP contribution in [0.3, 0.4) is 0 Å². The lowest BCUT2D eigenvalue weighted by atomic mass is 10.1. The van der Waals surface area contributed by atoms with Crippen molar-refractivity contribution in [3.05, 3.63) is 84.2 Å². The molecule has 0 spiro atoms. The molecule has 3 rings (SSSR count). The standard InChI is InChI=1S/C17H13N3O/c21-20-17(13-7-2-1-3-8-13)16-11-6-10-15(19-16)14-9-4-5-12-18-14/h1-12,21H/b20-17-. The minimum Gasteiger partial charge on any atom is -0.410 e. The first-order chi connectivity index (χ1) is 10.4. The summed E-state index contributed by atoms with van der Waals surface area (Å²) in [6, 6.07) is 20.7. The topological polar surface area (TPSA) is 58.4 Å². The molecule has 4 heteroatoms. The van der Waals surface area contributed by atoms with Gasteiger partial charge in [-0.2, -0.15) is 0 Å². The molecule has 1 N–H and O–H groups in total. The smallest absolute Gasteiger partial charge is 0.135 e. The number of oxime groups is 1. The molecule has 0 aliphatic heterocycles. The summed E-state index contributed by atoms with van der Waals surface area (Å²) in [5.41, 5.74) is 3.38. The lowest BCUT2D eigenvalue weighted by Gasteiger charge is -2.06. The Morgan fingerprint density at radius 2 is 1.57 bits per heavy atom. The van der Waals surface area contributed by atoms with Gasteiger partial charge in [0.1, 0.15) is 5.71 Å². The Morgan fingerprint density at radius 1 is 0.810 bits per heavy atom. The monoisotopic (exact) mass is 275 g/mol. The maximum absolute atomic E-state index is 9.33. The van der Waals surface area contributed by atoms with Crippen molar-refractivity contribution in [1.82, 2.24) is 9.97 Å². The first-order valence-corrected chi connectivity index (χ1v) is 6.55. The van der Waals surface area contributed by atoms with Crippen LogP contribution < -0.4 is 0 Å². The number of hydrogen-bond donors (Lipinski definition) is 1. The second kappa shape index (κ2) is 5.96. The third-order valence-electron chi connectivity index (χ3n) is 3.07. The van der Waals surface area contributed by atoms with E-state index in [1.807, 2.05) is 66.7 Å². The Labute approximate surface area is 122 Å². The molecule has 0 saturated heterocycles. The number of rotatable bonds is 3. The largest absolute Gasteiger partial charge is 0.410 e. The van der Waals surface area contributed by atoms with Gasteiger partial charge in [-0.25, -0.2) is 4.98 Å². The summed E-state index contributed by atoms with van der Waals surface area (Å²) >= 11 is 0. The van der Waals surface area contributed by atoms with Gasteiger partial charge in [0.25, 0.3) is 0 Å². The Morgan fingerprint density at radius 3 is 2.29 bits per heavy atom. The zero-order valence-electron chi connectivity index (χ0n) is 11.2. The van der Waals surface area contributed by atoms with Crippen LogP contribution in [0.5, 0.6) is 0 Å². The first kappa shape index (κ1) is 13.0. The van der Waals surface area contributed by atoms with Crippen LogP contribution in [0.15, 0.2) is 78.1 Å². The summed E-state index contributed by atoms with van der Waals surface area (Å²) < 4.78 is 0. The molecule has 2 aromatic heterocycles. The van der Waals surface area contributed by atoms with Crippen LogP contribution >= 0.6 is 0 Å². The Kier molecular flexibility index (Phi) is 3.69. The molecule has 0 unspecified atom stereocenters. The van der Waals surface area contributed by atoms with Gasteiger partial charge in [0.2, 0.25) is 0 Å². The molecule has 0 aliphatic rings. The maximum Gasteiger partial charge on any atom is 0.135 e. The molecule has 0 fully saturated rings. The second-order valence-electron chi connectivity index (χ2n) is 4.44. The van der Waals surface area contributed by atoms with Crippen molar-refractivity contribution < 1.29 is 5.21 Å². The van der Waals surface area contributed by atoms with Crippen molar-refractivity contribution >= 4 is 5.71 Å². The molecule has 0 bridgehead atoms. The van der Waals surface area contributed by atoms with Crippen molar-refractivity contribution in [2.24, 2.45) is 5.16 Å². The highest BCUT2D eigenvalue weighted by Crippen LogP contribution is 2.16. The molecular weight excluding hydrogens is 262 g/mol. The number of pyridine rings is 2. The van der Waals surface area contributed by atoms with E-state index in [4.69, 9.17) is 0 Å². The Hall–Kier alpha value is -3.01. The Bertz CT molecular complexity index is 755. The Balaban J connectivity index is 2.04. The van der Waals surface area contributed by atoms with Crippen LogP contribution in [0, 0.1) is 0 Å². The van der Waals surface area contributed by atoms with E-state index in [1.165, 1.54) is 0 Å². The van der Waals surface area contributed by atoms with E-state index >= 15 is 0 Å². The van der Waals surface area contributed by atoms with Crippen molar-refractivity contribution in [3.8, 4) is 11.4 Å². The number of benzene rings is 1. The van der Waals surface area contributed by atoms with Crippen molar-refractivity contribution in [2.45, 2.75) is 0 Å². The van der Waals surface area contributed by atoms with Crippen LogP contribution in [0.2, 0.25) is 0 Å². The molecular formula is C17H13N3O. The van der Waals surface area contributed by atoms with Gasteiger partial charge < -0.3 is 5.21 Å². The van der Waals surface area contributed by atoms with Gasteiger partial charge in [0, 0.05) is 11.8 Å². The summed E-state index contributed by atoms with van der Waals surface area (Å²) in [5, 5.41) is 12.7. The predicted octanol–water partition coefficient (Wildman–Crippen LogP) is 3.37. The number of hydrogen-bond acceptors (Lipinski definition) is 4. The fourth-order valence-electron chi connectivity index (χ4n) is 2.08. The minimum atomic E-state index is 0.438. The van der Waals surface area contributed by atoms with E-state index in [0.717, 1.165) is 17.0 Å². The van der Waals surface area contributed by atoms with Gasteiger partial charge >= 0.3 is 0 Å². The lowest BCUT2D eigenvalue weighted by molar-refractivity contribution is 0.319. The maximum atomic E-state index is 9.33. The summed E-state index contributed by atoms with van der Waals surface area (Å²) in [5.74, 6) is 0. The zero-order chi connectivity index (χ0) is 14.5. The van der Waals surface area contributed by atoms with Gasteiger partial charge in [-0.1, -0.05) is 47.6 Å². The highest BCUT2D eigenvalue weighted by atomic mass is 16.4. The average molecular weight is 275 g/mol. The summed E-state index contributed by atoms with van der Waals surface area (Å²) in [4.78, 5) is 8.82. The van der Waals surface area contributed by atoms with Crippen LogP contribution in [0.1, 0.15) is 11.3 Å². The van der Waals surface area contributed by atoms with E-state index in [9.17, 15) is 5.21 Å². The second-order valence-corrected chi connectivity index (χ2v) is 4.44. The van der Waals surface area contributed by atoms with Crippen LogP contribution in [-0.4, -0.2) is 20.9 Å². The van der Waals surface area contributed by atoms with E-state index in [1.54, 1.807) is 6.20 Å². The van der Waals surface area contributed by atoms with E-state index in [2.05, 4.69) is 15.1 Å². The molecule has 0 amide bonds. The van der Waals surface area contributed by atoms with Gasteiger partial charge in [-0.15, -0.1) is 0 Å². The molecule has 0 atom stereocenters. The van der Waals surface area contributed by atoms with Crippen molar-refractivity contribution in [1.29, 1.82) is 0 Å². The molecule has 3 aromatic rings. The van der Waals surface area contributed by atoms with Gasteiger partial charge in [0.15, 0.2) is 0 Å². The van der Waals surface area contributed by atoms with Crippen LogP contribution in [0.25, 0.3) is 11.4 Å². The van der Waals surface area contributed by atoms with Crippen molar-refractivity contribution in [2.75, 3.05) is 0 Å². The number of nitrogens with zero attached hydrogens (tertiary/aromatic N) is 3. The van der Waals surface area contributed by atoms with E-state index in [0.29, 0.717) is 11.4 Å². The number of aromatic nitrogens is 2.